The molecule has 0 aromatic carbocycles. The molecule has 0 bridgehead atoms. The normalized spacial score (nSPS) is 23.6. The highest BCUT2D eigenvalue weighted by Gasteiger charge is 2.31. The quantitative estimate of drug-likeness (QED) is 0.710. The summed E-state index contributed by atoms with van der Waals surface area (Å²) in [7, 11) is 0. The number of amides is 1. The molecule has 2 aliphatic rings. The Morgan fingerprint density at radius 3 is 2.93 bits per heavy atom. The van der Waals surface area contributed by atoms with Crippen molar-refractivity contribution < 1.29 is 4.79 Å². The summed E-state index contributed by atoms with van der Waals surface area (Å²) in [5.74, 6) is 0.856. The third-order valence-corrected chi connectivity index (χ3v) is 3.43. The molecule has 1 amide bonds. The molecular formula is C12H20N2O. The smallest absolute Gasteiger partial charge is 0.224 e. The monoisotopic (exact) mass is 208 g/mol. The lowest BCUT2D eigenvalue weighted by Crippen LogP contribution is -2.38. The van der Waals surface area contributed by atoms with Crippen LogP contribution in [0.25, 0.3) is 0 Å². The van der Waals surface area contributed by atoms with Crippen molar-refractivity contribution in [2.24, 2.45) is 11.7 Å². The highest BCUT2D eigenvalue weighted by molar-refractivity contribution is 5.77. The molecule has 0 aromatic rings. The largest absolute Gasteiger partial charge is 0.339 e. The van der Waals surface area contributed by atoms with E-state index < -0.39 is 0 Å². The van der Waals surface area contributed by atoms with Crippen LogP contribution in [0.1, 0.15) is 32.6 Å². The summed E-state index contributed by atoms with van der Waals surface area (Å²) < 4.78 is 0. The van der Waals surface area contributed by atoms with Gasteiger partial charge >= 0.3 is 0 Å². The van der Waals surface area contributed by atoms with Gasteiger partial charge in [0, 0.05) is 25.6 Å². The van der Waals surface area contributed by atoms with E-state index in [-0.39, 0.29) is 11.9 Å². The highest BCUT2D eigenvalue weighted by atomic mass is 16.2. The molecule has 1 fully saturated rings. The zero-order valence-corrected chi connectivity index (χ0v) is 9.41. The number of hydrogen-bond donors (Lipinski definition) is 1. The van der Waals surface area contributed by atoms with E-state index in [1.54, 1.807) is 0 Å². The number of hydrogen-bond acceptors (Lipinski definition) is 2. The molecule has 0 spiro atoms. The first-order valence-electron chi connectivity index (χ1n) is 5.86. The fourth-order valence-corrected chi connectivity index (χ4v) is 2.02. The summed E-state index contributed by atoms with van der Waals surface area (Å²) in [6.45, 7) is 3.78. The van der Waals surface area contributed by atoms with Crippen molar-refractivity contribution in [1.82, 2.24) is 4.90 Å². The van der Waals surface area contributed by atoms with Gasteiger partial charge in [-0.2, -0.15) is 0 Å². The topological polar surface area (TPSA) is 46.3 Å². The third-order valence-electron chi connectivity index (χ3n) is 3.43. The van der Waals surface area contributed by atoms with Gasteiger partial charge in [0.2, 0.25) is 5.91 Å². The number of nitrogens with zero attached hydrogens (tertiary/aromatic N) is 1. The first-order valence-corrected chi connectivity index (χ1v) is 5.86. The van der Waals surface area contributed by atoms with Gasteiger partial charge in [0.05, 0.1) is 0 Å². The molecule has 3 nitrogen and oxygen atoms in total. The lowest BCUT2D eigenvalue weighted by Gasteiger charge is -2.26. The zero-order chi connectivity index (χ0) is 10.8. The van der Waals surface area contributed by atoms with Gasteiger partial charge in [0.15, 0.2) is 0 Å². The number of carbonyl (C=O) groups excluding carboxylic acids is 1. The van der Waals surface area contributed by atoms with Crippen LogP contribution in [0.4, 0.5) is 0 Å². The average Bonchev–Trinajstić information content (AvgIpc) is 3.01. The second kappa shape index (κ2) is 4.35. The minimum Gasteiger partial charge on any atom is -0.339 e. The Morgan fingerprint density at radius 2 is 2.40 bits per heavy atom. The van der Waals surface area contributed by atoms with Crippen LogP contribution >= 0.6 is 0 Å². The summed E-state index contributed by atoms with van der Waals surface area (Å²) >= 11 is 0. The van der Waals surface area contributed by atoms with Gasteiger partial charge < -0.3 is 10.6 Å². The Hall–Kier alpha value is -0.830. The second-order valence-electron chi connectivity index (χ2n) is 4.85. The third kappa shape index (κ3) is 2.81. The van der Waals surface area contributed by atoms with Crippen molar-refractivity contribution in [2.75, 3.05) is 13.1 Å². The predicted octanol–water partition coefficient (Wildman–Crippen LogP) is 1.29. The number of rotatable bonds is 3. The zero-order valence-electron chi connectivity index (χ0n) is 9.41. The van der Waals surface area contributed by atoms with Crippen molar-refractivity contribution in [3.05, 3.63) is 11.6 Å². The lowest BCUT2D eigenvalue weighted by molar-refractivity contribution is -0.131. The van der Waals surface area contributed by atoms with Crippen LogP contribution < -0.4 is 5.73 Å². The van der Waals surface area contributed by atoms with Crippen LogP contribution in [-0.4, -0.2) is 29.9 Å². The van der Waals surface area contributed by atoms with Gasteiger partial charge in [0.1, 0.15) is 0 Å². The molecule has 0 radical (unpaired) electrons. The van der Waals surface area contributed by atoms with Crippen LogP contribution in [-0.2, 0) is 4.79 Å². The van der Waals surface area contributed by atoms with E-state index >= 15 is 0 Å². The van der Waals surface area contributed by atoms with Crippen molar-refractivity contribution in [1.29, 1.82) is 0 Å². The first kappa shape index (κ1) is 10.7. The maximum absolute atomic E-state index is 11.9. The van der Waals surface area contributed by atoms with Crippen LogP contribution in [0.3, 0.4) is 0 Å². The Labute approximate surface area is 91.3 Å². The Balaban J connectivity index is 1.80. The maximum atomic E-state index is 11.9. The predicted molar refractivity (Wildman–Crippen MR) is 60.3 cm³/mol. The van der Waals surface area contributed by atoms with Crippen LogP contribution in [0.15, 0.2) is 11.6 Å². The molecule has 2 rings (SSSR count). The molecule has 1 atom stereocenters. The molecule has 1 unspecified atom stereocenters. The average molecular weight is 208 g/mol. The standard InChI is InChI=1S/C12H20N2O/c1-9-4-6-14(7-5-9)12(15)8-11(13)10-2-3-10/h4,10-11H,2-3,5-8,13H2,1H3. The summed E-state index contributed by atoms with van der Waals surface area (Å²) in [5, 5.41) is 0. The molecule has 15 heavy (non-hydrogen) atoms. The molecule has 1 aliphatic carbocycles. The van der Waals surface area contributed by atoms with E-state index in [2.05, 4.69) is 13.0 Å². The van der Waals surface area contributed by atoms with Gasteiger partial charge in [-0.15, -0.1) is 0 Å². The number of nitrogens with two attached hydrogens (primary N) is 1. The Bertz CT molecular complexity index is 281. The van der Waals surface area contributed by atoms with Gasteiger partial charge in [-0.1, -0.05) is 11.6 Å². The molecule has 0 aromatic heterocycles. The summed E-state index contributed by atoms with van der Waals surface area (Å²) in [6.07, 6.45) is 6.13. The van der Waals surface area contributed by atoms with Crippen LogP contribution in [0.2, 0.25) is 0 Å². The summed E-state index contributed by atoms with van der Waals surface area (Å²) in [4.78, 5) is 13.8. The van der Waals surface area contributed by atoms with E-state index in [1.165, 1.54) is 18.4 Å². The Kier molecular flexibility index (Phi) is 3.10. The van der Waals surface area contributed by atoms with Gasteiger partial charge in [-0.3, -0.25) is 4.79 Å². The van der Waals surface area contributed by atoms with E-state index in [4.69, 9.17) is 5.73 Å². The molecule has 0 saturated heterocycles. The molecule has 1 aliphatic heterocycles. The fourth-order valence-electron chi connectivity index (χ4n) is 2.02. The van der Waals surface area contributed by atoms with E-state index in [9.17, 15) is 4.79 Å². The van der Waals surface area contributed by atoms with Crippen LogP contribution in [0.5, 0.6) is 0 Å². The molecule has 1 saturated carbocycles. The summed E-state index contributed by atoms with van der Waals surface area (Å²) in [6, 6.07) is 0.101. The fraction of sp³-hybridized carbons (Fsp3) is 0.750. The maximum Gasteiger partial charge on any atom is 0.224 e. The first-order chi connectivity index (χ1) is 7.16. The van der Waals surface area contributed by atoms with Crippen molar-refractivity contribution >= 4 is 5.91 Å². The molecule has 3 heteroatoms. The minimum atomic E-state index is 0.101. The van der Waals surface area contributed by atoms with E-state index in [1.807, 2.05) is 4.90 Å². The van der Waals surface area contributed by atoms with Crippen molar-refractivity contribution in [2.45, 2.75) is 38.6 Å². The van der Waals surface area contributed by atoms with Crippen molar-refractivity contribution in [3.63, 3.8) is 0 Å². The molecule has 1 heterocycles. The molecular weight excluding hydrogens is 188 g/mol. The van der Waals surface area contributed by atoms with Crippen molar-refractivity contribution in [3.8, 4) is 0 Å². The minimum absolute atomic E-state index is 0.101. The Morgan fingerprint density at radius 1 is 1.67 bits per heavy atom. The van der Waals surface area contributed by atoms with Crippen LogP contribution in [0, 0.1) is 5.92 Å². The SMILES string of the molecule is CC1=CCN(C(=O)CC(N)C2CC2)CC1. The lowest BCUT2D eigenvalue weighted by atomic mass is 10.1. The molecule has 2 N–H and O–H groups in total. The van der Waals surface area contributed by atoms with Gasteiger partial charge in [0.25, 0.3) is 0 Å². The van der Waals surface area contributed by atoms with Gasteiger partial charge in [-0.05, 0) is 32.1 Å². The van der Waals surface area contributed by atoms with E-state index in [0.717, 1.165) is 19.5 Å². The second-order valence-corrected chi connectivity index (χ2v) is 4.85. The highest BCUT2D eigenvalue weighted by Crippen LogP contribution is 2.33. The van der Waals surface area contributed by atoms with Gasteiger partial charge in [-0.25, -0.2) is 0 Å². The number of carbonyl (C=O) groups is 1. The summed E-state index contributed by atoms with van der Waals surface area (Å²) in [5.41, 5.74) is 7.34. The van der Waals surface area contributed by atoms with E-state index in [0.29, 0.717) is 12.3 Å². The molecule has 84 valence electrons.